The van der Waals surface area contributed by atoms with Gasteiger partial charge >= 0.3 is 0 Å². The van der Waals surface area contributed by atoms with Crippen LogP contribution >= 0.6 is 0 Å². The fourth-order valence-electron chi connectivity index (χ4n) is 3.57. The predicted molar refractivity (Wildman–Crippen MR) is 108 cm³/mol. The van der Waals surface area contributed by atoms with Gasteiger partial charge in [0, 0.05) is 30.4 Å². The maximum Gasteiger partial charge on any atom is 0.253 e. The van der Waals surface area contributed by atoms with Crippen LogP contribution in [0.3, 0.4) is 0 Å². The van der Waals surface area contributed by atoms with Gasteiger partial charge in [0.15, 0.2) is 0 Å². The number of carbonyl (C=O) groups is 1. The van der Waals surface area contributed by atoms with Gasteiger partial charge in [0.05, 0.1) is 17.9 Å². The number of hydrogen-bond acceptors (Lipinski definition) is 5. The number of aromatic nitrogens is 4. The maximum atomic E-state index is 12.7. The van der Waals surface area contributed by atoms with Gasteiger partial charge in [-0.2, -0.15) is 5.10 Å². The van der Waals surface area contributed by atoms with Gasteiger partial charge in [0.2, 0.25) is 0 Å². The van der Waals surface area contributed by atoms with Crippen molar-refractivity contribution in [1.82, 2.24) is 25.3 Å². The quantitative estimate of drug-likeness (QED) is 0.688. The van der Waals surface area contributed by atoms with Gasteiger partial charge in [0.25, 0.3) is 5.91 Å². The van der Waals surface area contributed by atoms with E-state index in [1.165, 1.54) is 25.7 Å². The highest BCUT2D eigenvalue weighted by Gasteiger charge is 2.16. The average Bonchev–Trinajstić information content (AvgIpc) is 3.42. The van der Waals surface area contributed by atoms with E-state index >= 15 is 0 Å². The molecule has 1 aliphatic carbocycles. The first kappa shape index (κ1) is 18.2. The number of nitrogens with one attached hydrogen (secondary N) is 2. The third-order valence-electron chi connectivity index (χ3n) is 5.09. The Labute approximate surface area is 164 Å². The molecule has 0 bridgehead atoms. The molecule has 1 fully saturated rings. The van der Waals surface area contributed by atoms with Crippen LogP contribution in [0.25, 0.3) is 11.3 Å². The average molecular weight is 376 g/mol. The number of carbonyl (C=O) groups excluding carboxylic acids is 1. The molecule has 1 aromatic carbocycles. The zero-order chi connectivity index (χ0) is 19.3. The molecule has 2 heterocycles. The largest absolute Gasteiger partial charge is 0.366 e. The molecule has 0 unspecified atom stereocenters. The van der Waals surface area contributed by atoms with Crippen LogP contribution in [-0.4, -0.2) is 44.3 Å². The molecule has 7 heteroatoms. The molecule has 2 N–H and O–H groups in total. The summed E-state index contributed by atoms with van der Waals surface area (Å²) in [6, 6.07) is 13.8. The molecule has 1 saturated carbocycles. The minimum atomic E-state index is -0.0519. The molecule has 2 aromatic heterocycles. The van der Waals surface area contributed by atoms with Crippen LogP contribution in [0.4, 0.5) is 5.82 Å². The maximum absolute atomic E-state index is 12.7. The minimum absolute atomic E-state index is 0.0519. The third kappa shape index (κ3) is 4.19. The highest BCUT2D eigenvalue weighted by Crippen LogP contribution is 2.23. The SMILES string of the molecule is CN(Cc1ccn[nH]1)C(=O)c1cccc(-c2ccc(NC3CCCC3)nn2)c1. The van der Waals surface area contributed by atoms with Gasteiger partial charge < -0.3 is 10.2 Å². The lowest BCUT2D eigenvalue weighted by molar-refractivity contribution is 0.0783. The van der Waals surface area contributed by atoms with Crippen molar-refractivity contribution in [3.05, 3.63) is 59.9 Å². The van der Waals surface area contributed by atoms with Crippen molar-refractivity contribution in [2.24, 2.45) is 0 Å². The van der Waals surface area contributed by atoms with E-state index in [0.717, 1.165) is 22.8 Å². The van der Waals surface area contributed by atoms with E-state index < -0.39 is 0 Å². The lowest BCUT2D eigenvalue weighted by atomic mass is 10.1. The molecular weight excluding hydrogens is 352 g/mol. The lowest BCUT2D eigenvalue weighted by Gasteiger charge is -2.16. The third-order valence-corrected chi connectivity index (χ3v) is 5.09. The molecule has 0 radical (unpaired) electrons. The van der Waals surface area contributed by atoms with E-state index in [9.17, 15) is 4.79 Å². The lowest BCUT2D eigenvalue weighted by Crippen LogP contribution is -2.26. The molecule has 3 aromatic rings. The molecule has 144 valence electrons. The summed E-state index contributed by atoms with van der Waals surface area (Å²) in [5.74, 6) is 0.756. The monoisotopic (exact) mass is 376 g/mol. The van der Waals surface area contributed by atoms with Crippen molar-refractivity contribution in [1.29, 1.82) is 0 Å². The Balaban J connectivity index is 1.46. The number of hydrogen-bond donors (Lipinski definition) is 2. The molecule has 0 atom stereocenters. The van der Waals surface area contributed by atoms with Gasteiger partial charge in [-0.15, -0.1) is 10.2 Å². The van der Waals surface area contributed by atoms with E-state index in [1.54, 1.807) is 18.1 Å². The van der Waals surface area contributed by atoms with Gasteiger partial charge in [-0.3, -0.25) is 9.89 Å². The van der Waals surface area contributed by atoms with E-state index in [4.69, 9.17) is 0 Å². The van der Waals surface area contributed by atoms with E-state index in [0.29, 0.717) is 18.2 Å². The van der Waals surface area contributed by atoms with Crippen molar-refractivity contribution >= 4 is 11.7 Å². The Morgan fingerprint density at radius 1 is 1.18 bits per heavy atom. The molecule has 1 amide bonds. The van der Waals surface area contributed by atoms with E-state index in [1.807, 2.05) is 42.5 Å². The predicted octanol–water partition coefficient (Wildman–Crippen LogP) is 3.49. The standard InChI is InChI=1S/C21H24N6O/c1-27(14-18-11-12-22-24-18)21(28)16-6-4-5-15(13-16)19-9-10-20(26-25-19)23-17-7-2-3-8-17/h4-6,9-13,17H,2-3,7-8,14H2,1H3,(H,22,24)(H,23,26). The summed E-state index contributed by atoms with van der Waals surface area (Å²) in [6.45, 7) is 0.477. The Bertz CT molecular complexity index is 916. The summed E-state index contributed by atoms with van der Waals surface area (Å²) < 4.78 is 0. The molecule has 28 heavy (non-hydrogen) atoms. The number of anilines is 1. The summed E-state index contributed by atoms with van der Waals surface area (Å²) in [6.07, 6.45) is 6.62. The number of nitrogens with zero attached hydrogens (tertiary/aromatic N) is 4. The van der Waals surface area contributed by atoms with E-state index in [-0.39, 0.29) is 5.91 Å². The number of amides is 1. The molecular formula is C21H24N6O. The van der Waals surface area contributed by atoms with Crippen LogP contribution in [0.1, 0.15) is 41.7 Å². The van der Waals surface area contributed by atoms with Gasteiger partial charge in [-0.1, -0.05) is 25.0 Å². The van der Waals surface area contributed by atoms with Crippen molar-refractivity contribution in [3.8, 4) is 11.3 Å². The minimum Gasteiger partial charge on any atom is -0.366 e. The van der Waals surface area contributed by atoms with Gasteiger partial charge in [-0.25, -0.2) is 0 Å². The first-order valence-electron chi connectivity index (χ1n) is 9.63. The Kier molecular flexibility index (Phi) is 5.32. The first-order valence-corrected chi connectivity index (χ1v) is 9.63. The number of benzene rings is 1. The van der Waals surface area contributed by atoms with Crippen LogP contribution < -0.4 is 5.32 Å². The molecule has 0 aliphatic heterocycles. The second-order valence-corrected chi connectivity index (χ2v) is 7.25. The number of aromatic amines is 1. The highest BCUT2D eigenvalue weighted by atomic mass is 16.2. The number of H-pyrrole nitrogens is 1. The van der Waals surface area contributed by atoms with Gasteiger partial charge in [-0.05, 0) is 43.2 Å². The summed E-state index contributed by atoms with van der Waals surface area (Å²) >= 11 is 0. The Morgan fingerprint density at radius 2 is 2.04 bits per heavy atom. The summed E-state index contributed by atoms with van der Waals surface area (Å²) in [7, 11) is 1.78. The normalized spacial score (nSPS) is 14.2. The van der Waals surface area contributed by atoms with Crippen molar-refractivity contribution in [2.75, 3.05) is 12.4 Å². The van der Waals surface area contributed by atoms with Crippen molar-refractivity contribution in [2.45, 2.75) is 38.3 Å². The zero-order valence-corrected chi connectivity index (χ0v) is 15.9. The second kappa shape index (κ2) is 8.21. The summed E-state index contributed by atoms with van der Waals surface area (Å²) in [4.78, 5) is 14.4. The van der Waals surface area contributed by atoms with Crippen LogP contribution in [0.15, 0.2) is 48.7 Å². The van der Waals surface area contributed by atoms with Crippen molar-refractivity contribution in [3.63, 3.8) is 0 Å². The summed E-state index contributed by atoms with van der Waals surface area (Å²) in [5.41, 5.74) is 3.14. The van der Waals surface area contributed by atoms with Crippen LogP contribution in [0.2, 0.25) is 0 Å². The summed E-state index contributed by atoms with van der Waals surface area (Å²) in [5, 5.41) is 18.9. The smallest absolute Gasteiger partial charge is 0.253 e. The fourth-order valence-corrected chi connectivity index (χ4v) is 3.57. The molecule has 4 rings (SSSR count). The van der Waals surface area contributed by atoms with Crippen LogP contribution in [0, 0.1) is 0 Å². The first-order chi connectivity index (χ1) is 13.7. The Hall–Kier alpha value is -3.22. The fraction of sp³-hybridized carbons (Fsp3) is 0.333. The molecule has 7 nitrogen and oxygen atoms in total. The van der Waals surface area contributed by atoms with Crippen molar-refractivity contribution < 1.29 is 4.79 Å². The highest BCUT2D eigenvalue weighted by molar-refractivity contribution is 5.95. The van der Waals surface area contributed by atoms with Crippen LogP contribution in [0.5, 0.6) is 0 Å². The zero-order valence-electron chi connectivity index (χ0n) is 15.9. The van der Waals surface area contributed by atoms with Gasteiger partial charge in [0.1, 0.15) is 5.82 Å². The number of rotatable bonds is 6. The Morgan fingerprint density at radius 3 is 2.75 bits per heavy atom. The molecule has 0 saturated heterocycles. The topological polar surface area (TPSA) is 86.8 Å². The second-order valence-electron chi connectivity index (χ2n) is 7.25. The molecule has 1 aliphatic rings. The van der Waals surface area contributed by atoms with E-state index in [2.05, 4.69) is 25.7 Å². The van der Waals surface area contributed by atoms with Crippen LogP contribution in [-0.2, 0) is 6.54 Å². The molecule has 0 spiro atoms.